The minimum atomic E-state index is -0.258. The third-order valence-electron chi connectivity index (χ3n) is 3.86. The minimum absolute atomic E-state index is 0.0882. The molecule has 0 aliphatic carbocycles. The summed E-state index contributed by atoms with van der Waals surface area (Å²) in [5.74, 6) is -0.327. The number of hydrogen-bond donors (Lipinski definition) is 1. The Kier molecular flexibility index (Phi) is 5.20. The number of nitrogens with one attached hydrogen (secondary N) is 1. The van der Waals surface area contributed by atoms with E-state index in [2.05, 4.69) is 10.3 Å². The second-order valence-electron chi connectivity index (χ2n) is 5.64. The first-order valence-corrected chi connectivity index (χ1v) is 8.76. The van der Waals surface area contributed by atoms with Crippen LogP contribution in [0.4, 0.5) is 9.52 Å². The Morgan fingerprint density at radius 3 is 2.96 bits per heavy atom. The minimum Gasteiger partial charge on any atom is -0.355 e. The van der Waals surface area contributed by atoms with Gasteiger partial charge in [0.1, 0.15) is 5.82 Å². The Balaban J connectivity index is 1.48. The molecule has 1 N–H and O–H groups in total. The van der Waals surface area contributed by atoms with E-state index in [1.165, 1.54) is 17.4 Å². The Morgan fingerprint density at radius 2 is 2.21 bits per heavy atom. The highest BCUT2D eigenvalue weighted by molar-refractivity contribution is 7.14. The highest BCUT2D eigenvalue weighted by Crippen LogP contribution is 2.25. The van der Waals surface area contributed by atoms with Gasteiger partial charge < -0.3 is 5.32 Å². The van der Waals surface area contributed by atoms with Crippen LogP contribution in [0, 0.1) is 5.82 Å². The van der Waals surface area contributed by atoms with Crippen molar-refractivity contribution in [1.82, 2.24) is 10.3 Å². The molecule has 3 rings (SSSR count). The quantitative estimate of drug-likeness (QED) is 0.872. The monoisotopic (exact) mass is 347 g/mol. The summed E-state index contributed by atoms with van der Waals surface area (Å²) >= 11 is 1.38. The highest BCUT2D eigenvalue weighted by atomic mass is 32.1. The van der Waals surface area contributed by atoms with E-state index in [9.17, 15) is 14.0 Å². The molecule has 1 saturated heterocycles. The van der Waals surface area contributed by atoms with Crippen LogP contribution in [-0.4, -0.2) is 29.9 Å². The van der Waals surface area contributed by atoms with Crippen LogP contribution in [-0.2, 0) is 22.4 Å². The number of hydrogen-bond acceptors (Lipinski definition) is 4. The first-order chi connectivity index (χ1) is 11.6. The van der Waals surface area contributed by atoms with Crippen molar-refractivity contribution in [2.24, 2.45) is 0 Å². The first-order valence-electron chi connectivity index (χ1n) is 7.88. The van der Waals surface area contributed by atoms with Crippen LogP contribution in [0.25, 0.3) is 0 Å². The summed E-state index contributed by atoms with van der Waals surface area (Å²) in [5.41, 5.74) is 1.24. The van der Waals surface area contributed by atoms with Crippen LogP contribution in [0.1, 0.15) is 24.1 Å². The number of carbonyl (C=O) groups is 2. The van der Waals surface area contributed by atoms with Gasteiger partial charge in [0.05, 0.1) is 12.1 Å². The molecule has 1 aliphatic rings. The second-order valence-corrected chi connectivity index (χ2v) is 6.48. The van der Waals surface area contributed by atoms with Crippen LogP contribution >= 0.6 is 11.3 Å². The molecule has 1 aromatic heterocycles. The van der Waals surface area contributed by atoms with Crippen molar-refractivity contribution >= 4 is 28.3 Å². The summed E-state index contributed by atoms with van der Waals surface area (Å²) < 4.78 is 13.5. The molecular weight excluding hydrogens is 329 g/mol. The number of nitrogens with zero attached hydrogens (tertiary/aromatic N) is 2. The molecule has 0 saturated carbocycles. The van der Waals surface area contributed by atoms with Gasteiger partial charge in [-0.15, -0.1) is 11.3 Å². The van der Waals surface area contributed by atoms with Gasteiger partial charge in [-0.3, -0.25) is 14.5 Å². The highest BCUT2D eigenvalue weighted by Gasteiger charge is 2.24. The predicted octanol–water partition coefficient (Wildman–Crippen LogP) is 2.31. The maximum Gasteiger partial charge on any atom is 0.228 e. The molecule has 0 unspecified atom stereocenters. The van der Waals surface area contributed by atoms with Crippen molar-refractivity contribution in [3.05, 3.63) is 46.7 Å². The van der Waals surface area contributed by atoms with Gasteiger partial charge in [-0.1, -0.05) is 18.2 Å². The molecule has 0 atom stereocenters. The molecule has 2 aromatic rings. The number of carbonyl (C=O) groups excluding carboxylic acids is 2. The average molecular weight is 347 g/mol. The van der Waals surface area contributed by atoms with Gasteiger partial charge in [0.15, 0.2) is 5.13 Å². The van der Waals surface area contributed by atoms with Crippen LogP contribution in [0.2, 0.25) is 0 Å². The third-order valence-corrected chi connectivity index (χ3v) is 4.77. The smallest absolute Gasteiger partial charge is 0.228 e. The number of rotatable bonds is 6. The average Bonchev–Trinajstić information content (AvgIpc) is 3.18. The zero-order chi connectivity index (χ0) is 16.9. The van der Waals surface area contributed by atoms with Crippen LogP contribution < -0.4 is 10.2 Å². The topological polar surface area (TPSA) is 62.3 Å². The van der Waals surface area contributed by atoms with E-state index >= 15 is 0 Å². The summed E-state index contributed by atoms with van der Waals surface area (Å²) in [6.45, 7) is 1.07. The van der Waals surface area contributed by atoms with E-state index < -0.39 is 0 Å². The molecular formula is C17H18FN3O2S. The molecule has 24 heavy (non-hydrogen) atoms. The lowest BCUT2D eigenvalue weighted by molar-refractivity contribution is -0.120. The largest absolute Gasteiger partial charge is 0.355 e. The zero-order valence-electron chi connectivity index (χ0n) is 13.1. The molecule has 2 heterocycles. The lowest BCUT2D eigenvalue weighted by atomic mass is 10.1. The lowest BCUT2D eigenvalue weighted by Crippen LogP contribution is -2.27. The summed E-state index contributed by atoms with van der Waals surface area (Å²) in [5, 5.41) is 5.23. The molecule has 0 radical (unpaired) electrons. The molecule has 0 spiro atoms. The fourth-order valence-electron chi connectivity index (χ4n) is 2.62. The van der Waals surface area contributed by atoms with Gasteiger partial charge in [0.25, 0.3) is 0 Å². The summed E-state index contributed by atoms with van der Waals surface area (Å²) in [7, 11) is 0. The van der Waals surface area contributed by atoms with Crippen molar-refractivity contribution in [3.8, 4) is 0 Å². The van der Waals surface area contributed by atoms with Gasteiger partial charge >= 0.3 is 0 Å². The van der Waals surface area contributed by atoms with Gasteiger partial charge in [-0.05, 0) is 24.5 Å². The molecule has 2 amide bonds. The molecule has 1 fully saturated rings. The Hall–Kier alpha value is -2.28. The number of thiazole rings is 1. The van der Waals surface area contributed by atoms with Crippen molar-refractivity contribution in [2.75, 3.05) is 18.0 Å². The number of amides is 2. The lowest BCUT2D eigenvalue weighted by Gasteiger charge is -2.10. The van der Waals surface area contributed by atoms with Gasteiger partial charge in [-0.25, -0.2) is 9.37 Å². The molecule has 5 nitrogen and oxygen atoms in total. The van der Waals surface area contributed by atoms with Crippen LogP contribution in [0.15, 0.2) is 29.6 Å². The van der Waals surface area contributed by atoms with Crippen molar-refractivity contribution in [1.29, 1.82) is 0 Å². The van der Waals surface area contributed by atoms with E-state index in [1.54, 1.807) is 28.5 Å². The van der Waals surface area contributed by atoms with E-state index in [-0.39, 0.29) is 24.1 Å². The maximum absolute atomic E-state index is 13.5. The summed E-state index contributed by atoms with van der Waals surface area (Å²) in [6, 6.07) is 6.54. The van der Waals surface area contributed by atoms with Crippen molar-refractivity contribution in [2.45, 2.75) is 25.7 Å². The molecule has 1 aromatic carbocycles. The van der Waals surface area contributed by atoms with Crippen LogP contribution in [0.3, 0.4) is 0 Å². The van der Waals surface area contributed by atoms with E-state index in [0.717, 1.165) is 6.42 Å². The molecule has 1 aliphatic heterocycles. The number of anilines is 1. The molecule has 7 heteroatoms. The standard InChI is InChI=1S/C17H18FN3O2S/c18-14-5-2-1-4-12(14)7-8-19-15(22)10-13-11-24-17(20-13)21-9-3-6-16(21)23/h1-2,4-5,11H,3,6-10H2,(H,19,22). The SMILES string of the molecule is O=C(Cc1csc(N2CCCC2=O)n1)NCCc1ccccc1F. The predicted molar refractivity (Wildman–Crippen MR) is 90.5 cm³/mol. The van der Waals surface area contributed by atoms with E-state index in [0.29, 0.717) is 42.3 Å². The van der Waals surface area contributed by atoms with E-state index in [4.69, 9.17) is 0 Å². The summed E-state index contributed by atoms with van der Waals surface area (Å²) in [6.07, 6.45) is 2.02. The third kappa shape index (κ3) is 3.97. The summed E-state index contributed by atoms with van der Waals surface area (Å²) in [4.78, 5) is 29.7. The fourth-order valence-corrected chi connectivity index (χ4v) is 3.48. The maximum atomic E-state index is 13.5. The van der Waals surface area contributed by atoms with E-state index in [1.807, 2.05) is 0 Å². The Morgan fingerprint density at radius 1 is 1.38 bits per heavy atom. The Bertz CT molecular complexity index is 747. The number of benzene rings is 1. The van der Waals surface area contributed by atoms with Gasteiger partial charge in [0.2, 0.25) is 11.8 Å². The zero-order valence-corrected chi connectivity index (χ0v) is 13.9. The first kappa shape index (κ1) is 16.6. The van der Waals surface area contributed by atoms with Crippen molar-refractivity contribution < 1.29 is 14.0 Å². The van der Waals surface area contributed by atoms with Gasteiger partial charge in [-0.2, -0.15) is 0 Å². The Labute approximate surface area is 143 Å². The molecule has 126 valence electrons. The number of halogens is 1. The second kappa shape index (κ2) is 7.53. The molecule has 0 bridgehead atoms. The fraction of sp³-hybridized carbons (Fsp3) is 0.353. The van der Waals surface area contributed by atoms with Gasteiger partial charge in [0, 0.05) is 24.9 Å². The van der Waals surface area contributed by atoms with Crippen molar-refractivity contribution in [3.63, 3.8) is 0 Å². The van der Waals surface area contributed by atoms with Crippen LogP contribution in [0.5, 0.6) is 0 Å². The number of aromatic nitrogens is 1. The normalized spacial score (nSPS) is 14.2.